The van der Waals surface area contributed by atoms with Gasteiger partial charge < -0.3 is 10.5 Å². The number of halogens is 4. The van der Waals surface area contributed by atoms with Gasteiger partial charge in [0.2, 0.25) is 11.8 Å². The summed E-state index contributed by atoms with van der Waals surface area (Å²) in [5, 5.41) is 0. The zero-order chi connectivity index (χ0) is 21.3. The second kappa shape index (κ2) is 7.58. The number of hydrogen-bond acceptors (Lipinski definition) is 5. The van der Waals surface area contributed by atoms with Crippen LogP contribution in [-0.4, -0.2) is 15.0 Å². The first kappa shape index (κ1) is 19.6. The van der Waals surface area contributed by atoms with Gasteiger partial charge in [0.1, 0.15) is 12.4 Å². The van der Waals surface area contributed by atoms with E-state index in [1.165, 1.54) is 24.3 Å². The molecule has 4 aromatic rings. The van der Waals surface area contributed by atoms with E-state index < -0.39 is 11.7 Å². The van der Waals surface area contributed by atoms with Crippen molar-refractivity contribution in [1.29, 1.82) is 0 Å². The highest BCUT2D eigenvalue weighted by atomic mass is 19.4. The first-order valence-electron chi connectivity index (χ1n) is 8.79. The van der Waals surface area contributed by atoms with Gasteiger partial charge in [0.25, 0.3) is 0 Å². The number of nitrogens with two attached hydrogens (primary N) is 1. The standard InChI is InChI=1S/C21H14F4N4O/c22-15-7-3-13(4-8-15)16-9-10-17-18(27-16)19(29-20(26)28-17)30-11-12-1-5-14(6-2-12)21(23,24)25/h1-10H,11H2,(H2,26,28,29). The van der Waals surface area contributed by atoms with E-state index in [0.29, 0.717) is 27.9 Å². The topological polar surface area (TPSA) is 73.9 Å². The van der Waals surface area contributed by atoms with Crippen molar-refractivity contribution in [2.75, 3.05) is 5.73 Å². The Morgan fingerprint density at radius 1 is 0.833 bits per heavy atom. The summed E-state index contributed by atoms with van der Waals surface area (Å²) in [6, 6.07) is 13.8. The van der Waals surface area contributed by atoms with Crippen LogP contribution in [0.5, 0.6) is 5.88 Å². The number of nitrogen functional groups attached to an aromatic ring is 1. The van der Waals surface area contributed by atoms with Crippen LogP contribution in [0.4, 0.5) is 23.5 Å². The van der Waals surface area contributed by atoms with Crippen LogP contribution in [0.25, 0.3) is 22.3 Å². The summed E-state index contributed by atoms with van der Waals surface area (Å²) in [6.45, 7) is -0.0356. The number of ether oxygens (including phenoxy) is 1. The maximum Gasteiger partial charge on any atom is 0.416 e. The Morgan fingerprint density at radius 2 is 1.53 bits per heavy atom. The van der Waals surface area contributed by atoms with Crippen molar-refractivity contribution < 1.29 is 22.3 Å². The van der Waals surface area contributed by atoms with Crippen molar-refractivity contribution in [3.8, 4) is 17.1 Å². The van der Waals surface area contributed by atoms with Gasteiger partial charge in [0.15, 0.2) is 5.52 Å². The minimum absolute atomic E-state index is 0.0266. The number of rotatable bonds is 4. The minimum Gasteiger partial charge on any atom is -0.471 e. The molecule has 0 saturated heterocycles. The van der Waals surface area contributed by atoms with Crippen LogP contribution in [0.2, 0.25) is 0 Å². The second-order valence-electron chi connectivity index (χ2n) is 6.44. The molecule has 0 unspecified atom stereocenters. The van der Waals surface area contributed by atoms with Crippen LogP contribution in [-0.2, 0) is 12.8 Å². The molecule has 2 aromatic heterocycles. The van der Waals surface area contributed by atoms with E-state index in [1.54, 1.807) is 24.3 Å². The smallest absolute Gasteiger partial charge is 0.416 e. The Labute approximate surface area is 168 Å². The summed E-state index contributed by atoms with van der Waals surface area (Å²) in [7, 11) is 0. The Hall–Kier alpha value is -3.75. The van der Waals surface area contributed by atoms with E-state index in [4.69, 9.17) is 10.5 Å². The van der Waals surface area contributed by atoms with Crippen LogP contribution in [0.15, 0.2) is 60.7 Å². The molecule has 0 spiro atoms. The number of nitrogens with zero attached hydrogens (tertiary/aromatic N) is 3. The van der Waals surface area contributed by atoms with Gasteiger partial charge in [-0.1, -0.05) is 12.1 Å². The van der Waals surface area contributed by atoms with Gasteiger partial charge in [-0.3, -0.25) is 0 Å². The van der Waals surface area contributed by atoms with Crippen molar-refractivity contribution in [3.63, 3.8) is 0 Å². The molecular weight excluding hydrogens is 400 g/mol. The summed E-state index contributed by atoms with van der Waals surface area (Å²) < 4.78 is 57.0. The molecule has 0 aliphatic rings. The molecule has 30 heavy (non-hydrogen) atoms. The summed E-state index contributed by atoms with van der Waals surface area (Å²) in [4.78, 5) is 12.7. The maximum absolute atomic E-state index is 13.2. The first-order valence-corrected chi connectivity index (χ1v) is 8.79. The highest BCUT2D eigenvalue weighted by Crippen LogP contribution is 2.30. The molecule has 0 aliphatic carbocycles. The third kappa shape index (κ3) is 4.14. The molecule has 0 bridgehead atoms. The molecule has 2 aromatic carbocycles. The predicted octanol–water partition coefficient (Wildman–Crippen LogP) is 5.01. The third-order valence-electron chi connectivity index (χ3n) is 4.32. The molecule has 152 valence electrons. The number of benzene rings is 2. The van der Waals surface area contributed by atoms with E-state index in [9.17, 15) is 17.6 Å². The molecule has 0 fully saturated rings. The largest absolute Gasteiger partial charge is 0.471 e. The lowest BCUT2D eigenvalue weighted by atomic mass is 10.1. The molecule has 2 heterocycles. The van der Waals surface area contributed by atoms with Crippen molar-refractivity contribution in [3.05, 3.63) is 77.6 Å². The second-order valence-corrected chi connectivity index (χ2v) is 6.44. The summed E-state index contributed by atoms with van der Waals surface area (Å²) in [6.07, 6.45) is -4.41. The molecule has 0 saturated carbocycles. The zero-order valence-electron chi connectivity index (χ0n) is 15.3. The molecule has 0 radical (unpaired) electrons. The number of alkyl halides is 3. The molecule has 0 aliphatic heterocycles. The monoisotopic (exact) mass is 414 g/mol. The molecule has 0 atom stereocenters. The maximum atomic E-state index is 13.2. The summed E-state index contributed by atoms with van der Waals surface area (Å²) >= 11 is 0. The number of aromatic nitrogens is 3. The van der Waals surface area contributed by atoms with Crippen molar-refractivity contribution in [2.24, 2.45) is 0 Å². The molecular formula is C21H14F4N4O. The molecule has 2 N–H and O–H groups in total. The van der Waals surface area contributed by atoms with Gasteiger partial charge in [-0.25, -0.2) is 14.4 Å². The van der Waals surface area contributed by atoms with Gasteiger partial charge in [0, 0.05) is 5.56 Å². The van der Waals surface area contributed by atoms with Crippen molar-refractivity contribution in [2.45, 2.75) is 12.8 Å². The minimum atomic E-state index is -4.41. The predicted molar refractivity (Wildman–Crippen MR) is 103 cm³/mol. The van der Waals surface area contributed by atoms with Crippen LogP contribution in [0, 0.1) is 5.82 Å². The quantitative estimate of drug-likeness (QED) is 0.475. The average Bonchev–Trinajstić information content (AvgIpc) is 2.72. The third-order valence-corrected chi connectivity index (χ3v) is 4.32. The van der Waals surface area contributed by atoms with E-state index in [0.717, 1.165) is 12.1 Å². The Kier molecular flexibility index (Phi) is 4.94. The van der Waals surface area contributed by atoms with Gasteiger partial charge in [0.05, 0.1) is 16.8 Å². The highest BCUT2D eigenvalue weighted by Gasteiger charge is 2.29. The molecule has 9 heteroatoms. The molecule has 0 amide bonds. The zero-order valence-corrected chi connectivity index (χ0v) is 15.3. The lowest BCUT2D eigenvalue weighted by Gasteiger charge is -2.11. The lowest BCUT2D eigenvalue weighted by Crippen LogP contribution is -2.06. The number of pyridine rings is 1. The fourth-order valence-electron chi connectivity index (χ4n) is 2.83. The van der Waals surface area contributed by atoms with E-state index in [2.05, 4.69) is 15.0 Å². The van der Waals surface area contributed by atoms with Gasteiger partial charge in [-0.15, -0.1) is 0 Å². The van der Waals surface area contributed by atoms with Crippen LogP contribution >= 0.6 is 0 Å². The van der Waals surface area contributed by atoms with Gasteiger partial charge in [-0.05, 0) is 54.1 Å². The summed E-state index contributed by atoms with van der Waals surface area (Å²) in [5.74, 6) is -0.293. The van der Waals surface area contributed by atoms with E-state index in [-0.39, 0.29) is 24.3 Å². The van der Waals surface area contributed by atoms with Crippen molar-refractivity contribution in [1.82, 2.24) is 15.0 Å². The van der Waals surface area contributed by atoms with E-state index in [1.807, 2.05) is 0 Å². The van der Waals surface area contributed by atoms with Gasteiger partial charge >= 0.3 is 6.18 Å². The number of fused-ring (bicyclic) bond motifs is 1. The van der Waals surface area contributed by atoms with Crippen molar-refractivity contribution >= 4 is 17.0 Å². The number of hydrogen-bond donors (Lipinski definition) is 1. The molecule has 5 nitrogen and oxygen atoms in total. The van der Waals surface area contributed by atoms with E-state index >= 15 is 0 Å². The Morgan fingerprint density at radius 3 is 2.20 bits per heavy atom. The Bertz CT molecular complexity index is 1190. The highest BCUT2D eigenvalue weighted by molar-refractivity contribution is 5.83. The lowest BCUT2D eigenvalue weighted by molar-refractivity contribution is -0.137. The molecule has 4 rings (SSSR count). The van der Waals surface area contributed by atoms with Gasteiger partial charge in [-0.2, -0.15) is 18.2 Å². The summed E-state index contributed by atoms with van der Waals surface area (Å²) in [5.41, 5.74) is 7.51. The van der Waals surface area contributed by atoms with Crippen LogP contribution in [0.3, 0.4) is 0 Å². The Balaban J connectivity index is 1.64. The fraction of sp³-hybridized carbons (Fsp3) is 0.0952. The van der Waals surface area contributed by atoms with Crippen LogP contribution in [0.1, 0.15) is 11.1 Å². The SMILES string of the molecule is Nc1nc(OCc2ccc(C(F)(F)F)cc2)c2nc(-c3ccc(F)cc3)ccc2n1. The number of anilines is 1. The normalized spacial score (nSPS) is 11.6. The van der Waals surface area contributed by atoms with Crippen LogP contribution < -0.4 is 10.5 Å². The average molecular weight is 414 g/mol. The first-order chi connectivity index (χ1) is 14.3. The fourth-order valence-corrected chi connectivity index (χ4v) is 2.83.